The highest BCUT2D eigenvalue weighted by Crippen LogP contribution is 2.28. The topological polar surface area (TPSA) is 68.5 Å². The number of carbonyl (C=O) groups is 1. The molecule has 22 heavy (non-hydrogen) atoms. The predicted molar refractivity (Wildman–Crippen MR) is 75.2 cm³/mol. The molecule has 0 unspecified atom stereocenters. The Morgan fingerprint density at radius 1 is 1.50 bits per heavy atom. The molecule has 1 amide bonds. The summed E-state index contributed by atoms with van der Waals surface area (Å²) in [5.74, 6) is 0.574. The first kappa shape index (κ1) is 14.5. The molecule has 2 heterocycles. The Labute approximate surface area is 126 Å². The second kappa shape index (κ2) is 5.75. The predicted octanol–water partition coefficient (Wildman–Crippen LogP) is 2.16. The SMILES string of the molecule is COc1ccc(C(=O)N2CC[C@@H](c3nc(C)no3)C2)c(F)c1. The van der Waals surface area contributed by atoms with Crippen molar-refractivity contribution in [3.63, 3.8) is 0 Å². The van der Waals surface area contributed by atoms with Gasteiger partial charge in [0.05, 0.1) is 18.6 Å². The normalized spacial score (nSPS) is 17.8. The molecule has 0 bridgehead atoms. The first-order valence-corrected chi connectivity index (χ1v) is 7.01. The fourth-order valence-corrected chi connectivity index (χ4v) is 2.59. The van der Waals surface area contributed by atoms with Crippen LogP contribution in [0.3, 0.4) is 0 Å². The molecule has 0 spiro atoms. The van der Waals surface area contributed by atoms with Crippen LogP contribution in [0.4, 0.5) is 4.39 Å². The third-order valence-electron chi connectivity index (χ3n) is 3.77. The number of benzene rings is 1. The summed E-state index contributed by atoms with van der Waals surface area (Å²) in [6.45, 7) is 2.74. The Morgan fingerprint density at radius 2 is 2.32 bits per heavy atom. The van der Waals surface area contributed by atoms with Crippen molar-refractivity contribution >= 4 is 5.91 Å². The van der Waals surface area contributed by atoms with Crippen LogP contribution in [0.1, 0.15) is 34.4 Å². The number of ether oxygens (including phenoxy) is 1. The Bertz CT molecular complexity index is 701. The summed E-state index contributed by atoms with van der Waals surface area (Å²) in [6.07, 6.45) is 0.727. The maximum absolute atomic E-state index is 14.0. The highest BCUT2D eigenvalue weighted by molar-refractivity contribution is 5.94. The molecule has 116 valence electrons. The molecule has 6 nitrogen and oxygen atoms in total. The average molecular weight is 305 g/mol. The largest absolute Gasteiger partial charge is 0.497 e. The van der Waals surface area contributed by atoms with Crippen LogP contribution in [0.25, 0.3) is 0 Å². The summed E-state index contributed by atoms with van der Waals surface area (Å²) in [6, 6.07) is 4.23. The highest BCUT2D eigenvalue weighted by atomic mass is 19.1. The molecule has 1 aliphatic heterocycles. The number of hydrogen-bond acceptors (Lipinski definition) is 5. The highest BCUT2D eigenvalue weighted by Gasteiger charge is 2.32. The number of amides is 1. The Balaban J connectivity index is 1.74. The van der Waals surface area contributed by atoms with Crippen LogP contribution in [0.5, 0.6) is 5.75 Å². The fourth-order valence-electron chi connectivity index (χ4n) is 2.59. The lowest BCUT2D eigenvalue weighted by atomic mass is 10.1. The van der Waals surface area contributed by atoms with Gasteiger partial charge in [-0.2, -0.15) is 4.98 Å². The molecule has 1 atom stereocenters. The Hall–Kier alpha value is -2.44. The van der Waals surface area contributed by atoms with Crippen molar-refractivity contribution in [1.29, 1.82) is 0 Å². The van der Waals surface area contributed by atoms with Crippen molar-refractivity contribution < 1.29 is 18.4 Å². The van der Waals surface area contributed by atoms with Crippen LogP contribution in [0, 0.1) is 12.7 Å². The van der Waals surface area contributed by atoms with Gasteiger partial charge in [0, 0.05) is 19.2 Å². The lowest BCUT2D eigenvalue weighted by Crippen LogP contribution is -2.29. The standard InChI is InChI=1S/C15H16FN3O3/c1-9-17-14(22-18-9)10-5-6-19(8-10)15(20)12-4-3-11(21-2)7-13(12)16/h3-4,7,10H,5-6,8H2,1-2H3/t10-/m1/s1. The minimum Gasteiger partial charge on any atom is -0.497 e. The van der Waals surface area contributed by atoms with Crippen LogP contribution in [0.2, 0.25) is 0 Å². The van der Waals surface area contributed by atoms with Gasteiger partial charge in [0.25, 0.3) is 5.91 Å². The molecule has 0 N–H and O–H groups in total. The van der Waals surface area contributed by atoms with Gasteiger partial charge in [-0.05, 0) is 25.5 Å². The lowest BCUT2D eigenvalue weighted by molar-refractivity contribution is 0.0785. The number of aryl methyl sites for hydroxylation is 1. The van der Waals surface area contributed by atoms with Crippen molar-refractivity contribution in [2.45, 2.75) is 19.3 Å². The molecular formula is C15H16FN3O3. The van der Waals surface area contributed by atoms with E-state index >= 15 is 0 Å². The van der Waals surface area contributed by atoms with Crippen molar-refractivity contribution in [2.75, 3.05) is 20.2 Å². The molecule has 1 aromatic heterocycles. The molecule has 1 aromatic carbocycles. The number of methoxy groups -OCH3 is 1. The molecule has 1 fully saturated rings. The quantitative estimate of drug-likeness (QED) is 0.869. The van der Waals surface area contributed by atoms with Gasteiger partial charge in [-0.3, -0.25) is 4.79 Å². The minimum atomic E-state index is -0.582. The molecule has 7 heteroatoms. The smallest absolute Gasteiger partial charge is 0.256 e. The summed E-state index contributed by atoms with van der Waals surface area (Å²) in [5, 5.41) is 3.76. The van der Waals surface area contributed by atoms with E-state index in [2.05, 4.69) is 10.1 Å². The van der Waals surface area contributed by atoms with E-state index in [0.29, 0.717) is 30.6 Å². The number of halogens is 1. The summed E-state index contributed by atoms with van der Waals surface area (Å²) in [7, 11) is 1.45. The molecular weight excluding hydrogens is 289 g/mol. The average Bonchev–Trinajstić information content (AvgIpc) is 3.15. The molecule has 1 aliphatic rings. The van der Waals surface area contributed by atoms with E-state index in [4.69, 9.17) is 9.26 Å². The maximum Gasteiger partial charge on any atom is 0.256 e. The number of likely N-dealkylation sites (tertiary alicyclic amines) is 1. The van der Waals surface area contributed by atoms with Gasteiger partial charge in [0.15, 0.2) is 5.82 Å². The van der Waals surface area contributed by atoms with Gasteiger partial charge in [-0.15, -0.1) is 0 Å². The number of rotatable bonds is 3. The van der Waals surface area contributed by atoms with Gasteiger partial charge in [0.2, 0.25) is 5.89 Å². The van der Waals surface area contributed by atoms with E-state index in [1.807, 2.05) is 0 Å². The number of carbonyl (C=O) groups excluding carboxylic acids is 1. The van der Waals surface area contributed by atoms with E-state index in [9.17, 15) is 9.18 Å². The summed E-state index contributed by atoms with van der Waals surface area (Å²) < 4.78 is 24.1. The van der Waals surface area contributed by atoms with Crippen LogP contribution in [-0.2, 0) is 0 Å². The number of hydrogen-bond donors (Lipinski definition) is 0. The van der Waals surface area contributed by atoms with Gasteiger partial charge >= 0.3 is 0 Å². The van der Waals surface area contributed by atoms with Crippen molar-refractivity contribution in [3.8, 4) is 5.75 Å². The molecule has 2 aromatic rings. The Morgan fingerprint density at radius 3 is 2.95 bits per heavy atom. The second-order valence-electron chi connectivity index (χ2n) is 5.26. The van der Waals surface area contributed by atoms with E-state index < -0.39 is 5.82 Å². The van der Waals surface area contributed by atoms with Gasteiger partial charge < -0.3 is 14.2 Å². The lowest BCUT2D eigenvalue weighted by Gasteiger charge is -2.16. The van der Waals surface area contributed by atoms with E-state index in [1.165, 1.54) is 19.2 Å². The van der Waals surface area contributed by atoms with E-state index in [0.717, 1.165) is 6.42 Å². The first-order valence-electron chi connectivity index (χ1n) is 7.01. The summed E-state index contributed by atoms with van der Waals surface area (Å²) in [4.78, 5) is 18.2. The second-order valence-corrected chi connectivity index (χ2v) is 5.26. The van der Waals surface area contributed by atoms with E-state index in [-0.39, 0.29) is 17.4 Å². The van der Waals surface area contributed by atoms with Crippen LogP contribution in [-0.4, -0.2) is 41.1 Å². The zero-order valence-corrected chi connectivity index (χ0v) is 12.4. The maximum atomic E-state index is 14.0. The molecule has 3 rings (SSSR count). The summed E-state index contributed by atoms with van der Waals surface area (Å²) in [5.41, 5.74) is 0.0446. The number of nitrogens with zero attached hydrogens (tertiary/aromatic N) is 3. The van der Waals surface area contributed by atoms with Gasteiger partial charge in [-0.1, -0.05) is 5.16 Å². The molecule has 0 aliphatic carbocycles. The van der Waals surface area contributed by atoms with Crippen LogP contribution < -0.4 is 4.74 Å². The third-order valence-corrected chi connectivity index (χ3v) is 3.77. The van der Waals surface area contributed by atoms with Gasteiger partial charge in [-0.25, -0.2) is 4.39 Å². The first-order chi connectivity index (χ1) is 10.6. The minimum absolute atomic E-state index is 0.00598. The molecule has 0 radical (unpaired) electrons. The van der Waals surface area contributed by atoms with Crippen molar-refractivity contribution in [3.05, 3.63) is 41.3 Å². The molecule has 1 saturated heterocycles. The van der Waals surface area contributed by atoms with Crippen LogP contribution in [0.15, 0.2) is 22.7 Å². The molecule has 0 saturated carbocycles. The van der Waals surface area contributed by atoms with Crippen LogP contribution >= 0.6 is 0 Å². The van der Waals surface area contributed by atoms with E-state index in [1.54, 1.807) is 17.9 Å². The van der Waals surface area contributed by atoms with Gasteiger partial charge in [0.1, 0.15) is 11.6 Å². The third kappa shape index (κ3) is 2.66. The zero-order valence-electron chi connectivity index (χ0n) is 12.4. The number of aromatic nitrogens is 2. The summed E-state index contributed by atoms with van der Waals surface area (Å²) >= 11 is 0. The fraction of sp³-hybridized carbons (Fsp3) is 0.400. The monoisotopic (exact) mass is 305 g/mol. The Kier molecular flexibility index (Phi) is 3.79. The van der Waals surface area contributed by atoms with Crippen molar-refractivity contribution in [1.82, 2.24) is 15.0 Å². The zero-order chi connectivity index (χ0) is 15.7. The van der Waals surface area contributed by atoms with Crippen molar-refractivity contribution in [2.24, 2.45) is 0 Å².